The smallest absolute Gasteiger partial charge is 0.274 e. The lowest BCUT2D eigenvalue weighted by Crippen LogP contribution is -2.42. The van der Waals surface area contributed by atoms with Crippen LogP contribution in [0.25, 0.3) is 10.2 Å². The van der Waals surface area contributed by atoms with E-state index in [9.17, 15) is 4.79 Å². The van der Waals surface area contributed by atoms with Crippen LogP contribution >= 0.6 is 33.9 Å². The molecule has 2 aromatic carbocycles. The largest absolute Gasteiger partial charge is 0.467 e. The third kappa shape index (κ3) is 3.82. The molecule has 1 amide bonds. The number of carbonyl (C=O) groups is 1. The number of aryl methyl sites for hydroxylation is 2. The van der Waals surface area contributed by atoms with Crippen molar-refractivity contribution in [2.45, 2.75) is 32.8 Å². The minimum absolute atomic E-state index is 0.115. The molecule has 0 unspecified atom stereocenters. The van der Waals surface area contributed by atoms with Crippen LogP contribution < -0.4 is 4.74 Å². The minimum Gasteiger partial charge on any atom is -0.467 e. The average molecular weight is 492 g/mol. The van der Waals surface area contributed by atoms with Crippen molar-refractivity contribution in [1.29, 1.82) is 0 Å². The highest BCUT2D eigenvalue weighted by Crippen LogP contribution is 2.33. The second-order valence-electron chi connectivity index (χ2n) is 6.95. The van der Waals surface area contributed by atoms with Crippen LogP contribution in [-0.2, 0) is 0 Å². The number of likely N-dealkylation sites (tertiary alicyclic amines) is 1. The Hall–Kier alpha value is -1.67. The van der Waals surface area contributed by atoms with Gasteiger partial charge in [0.05, 0.1) is 15.8 Å². The minimum atomic E-state index is 0.115. The van der Waals surface area contributed by atoms with E-state index in [0.717, 1.165) is 45.8 Å². The molecule has 1 aliphatic heterocycles. The third-order valence-electron chi connectivity index (χ3n) is 5.02. The molecule has 0 N–H and O–H groups in total. The molecule has 0 radical (unpaired) electrons. The molecular weight excluding hydrogens is 471 g/mol. The first kappa shape index (κ1) is 18.7. The zero-order chi connectivity index (χ0) is 19.0. The van der Waals surface area contributed by atoms with Crippen LogP contribution in [0.4, 0.5) is 0 Å². The summed E-state index contributed by atoms with van der Waals surface area (Å²) in [6, 6.07) is 12.0. The van der Waals surface area contributed by atoms with Gasteiger partial charge in [0.15, 0.2) is 0 Å². The maximum absolute atomic E-state index is 12.7. The van der Waals surface area contributed by atoms with E-state index in [2.05, 4.69) is 48.6 Å². The van der Waals surface area contributed by atoms with Crippen molar-refractivity contribution in [2.24, 2.45) is 0 Å². The van der Waals surface area contributed by atoms with Gasteiger partial charge in [-0.2, -0.15) is 0 Å². The molecule has 0 saturated carbocycles. The molecule has 27 heavy (non-hydrogen) atoms. The number of thiazole rings is 1. The molecule has 6 heteroatoms. The number of nitrogens with zero attached hydrogens (tertiary/aromatic N) is 2. The second kappa shape index (κ2) is 7.75. The summed E-state index contributed by atoms with van der Waals surface area (Å²) in [6.07, 6.45) is 1.79. The van der Waals surface area contributed by atoms with E-state index in [1.54, 1.807) is 11.3 Å². The van der Waals surface area contributed by atoms with Crippen LogP contribution in [0.15, 0.2) is 36.4 Å². The number of amides is 1. The van der Waals surface area contributed by atoms with Gasteiger partial charge in [0.25, 0.3) is 11.1 Å². The number of hydrogen-bond donors (Lipinski definition) is 0. The normalized spacial score (nSPS) is 15.3. The predicted octanol–water partition coefficient (Wildman–Crippen LogP) is 5.20. The summed E-state index contributed by atoms with van der Waals surface area (Å²) in [4.78, 5) is 19.4. The van der Waals surface area contributed by atoms with Gasteiger partial charge in [-0.1, -0.05) is 35.6 Å². The van der Waals surface area contributed by atoms with E-state index in [0.29, 0.717) is 0 Å². The van der Waals surface area contributed by atoms with Crippen LogP contribution in [0.2, 0.25) is 0 Å². The van der Waals surface area contributed by atoms with Crippen LogP contribution in [0, 0.1) is 17.4 Å². The molecule has 2 heterocycles. The van der Waals surface area contributed by atoms with Crippen molar-refractivity contribution < 1.29 is 9.53 Å². The number of fused-ring (bicyclic) bond motifs is 1. The lowest BCUT2D eigenvalue weighted by Gasteiger charge is -2.31. The molecule has 0 spiro atoms. The van der Waals surface area contributed by atoms with Gasteiger partial charge in [0.1, 0.15) is 6.10 Å². The Bertz CT molecular complexity index is 954. The molecule has 1 aliphatic rings. The maximum atomic E-state index is 12.7. The number of benzene rings is 2. The van der Waals surface area contributed by atoms with Gasteiger partial charge in [-0.15, -0.1) is 0 Å². The van der Waals surface area contributed by atoms with Gasteiger partial charge < -0.3 is 9.64 Å². The number of hydrogen-bond acceptors (Lipinski definition) is 4. The van der Waals surface area contributed by atoms with Crippen molar-refractivity contribution in [3.05, 3.63) is 56.7 Å². The maximum Gasteiger partial charge on any atom is 0.274 e. The highest BCUT2D eigenvalue weighted by molar-refractivity contribution is 14.1. The van der Waals surface area contributed by atoms with Gasteiger partial charge >= 0.3 is 0 Å². The summed E-state index contributed by atoms with van der Waals surface area (Å²) < 4.78 is 8.38. The van der Waals surface area contributed by atoms with Crippen molar-refractivity contribution >= 4 is 50.1 Å². The first-order valence-electron chi connectivity index (χ1n) is 9.10. The molecule has 1 fully saturated rings. The molecule has 1 saturated heterocycles. The fourth-order valence-corrected chi connectivity index (χ4v) is 5.06. The number of carbonyl (C=O) groups excluding carboxylic acids is 1. The highest BCUT2D eigenvalue weighted by atomic mass is 127. The Balaban J connectivity index is 1.41. The summed E-state index contributed by atoms with van der Waals surface area (Å²) in [6.45, 7) is 5.63. The monoisotopic (exact) mass is 492 g/mol. The van der Waals surface area contributed by atoms with Gasteiger partial charge in [-0.3, -0.25) is 4.79 Å². The predicted molar refractivity (Wildman–Crippen MR) is 118 cm³/mol. The summed E-state index contributed by atoms with van der Waals surface area (Å²) in [7, 11) is 0. The Labute approximate surface area is 176 Å². The lowest BCUT2D eigenvalue weighted by molar-refractivity contribution is 0.0594. The molecule has 0 aliphatic carbocycles. The number of piperidine rings is 1. The summed E-state index contributed by atoms with van der Waals surface area (Å²) in [5.74, 6) is 0.115. The van der Waals surface area contributed by atoms with E-state index < -0.39 is 0 Å². The number of rotatable bonds is 3. The van der Waals surface area contributed by atoms with Gasteiger partial charge in [0, 0.05) is 29.5 Å². The molecule has 0 atom stereocenters. The van der Waals surface area contributed by atoms with Crippen molar-refractivity contribution in [2.75, 3.05) is 13.1 Å². The SMILES string of the molecule is Cc1ccc(C)c2sc(OC3CCN(C(=O)c4ccccc4I)CC3)nc12. The van der Waals surface area contributed by atoms with Crippen LogP contribution in [0.3, 0.4) is 0 Å². The Morgan fingerprint density at radius 3 is 2.56 bits per heavy atom. The van der Waals surface area contributed by atoms with E-state index in [4.69, 9.17) is 9.72 Å². The fourth-order valence-electron chi connectivity index (χ4n) is 3.41. The van der Waals surface area contributed by atoms with E-state index in [-0.39, 0.29) is 12.0 Å². The molecule has 1 aromatic heterocycles. The van der Waals surface area contributed by atoms with Gasteiger partial charge in [0.2, 0.25) is 0 Å². The van der Waals surface area contributed by atoms with Crippen LogP contribution in [0.5, 0.6) is 5.19 Å². The quantitative estimate of drug-likeness (QED) is 0.472. The van der Waals surface area contributed by atoms with Gasteiger partial charge in [-0.25, -0.2) is 4.98 Å². The fraction of sp³-hybridized carbons (Fsp3) is 0.333. The zero-order valence-electron chi connectivity index (χ0n) is 15.4. The summed E-state index contributed by atoms with van der Waals surface area (Å²) in [5.41, 5.74) is 4.25. The zero-order valence-corrected chi connectivity index (χ0v) is 18.3. The van der Waals surface area contributed by atoms with E-state index >= 15 is 0 Å². The first-order valence-corrected chi connectivity index (χ1v) is 11.0. The number of halogens is 1. The van der Waals surface area contributed by atoms with Crippen LogP contribution in [0.1, 0.15) is 34.3 Å². The Morgan fingerprint density at radius 2 is 1.85 bits per heavy atom. The summed E-state index contributed by atoms with van der Waals surface area (Å²) >= 11 is 3.85. The summed E-state index contributed by atoms with van der Waals surface area (Å²) in [5, 5.41) is 0.741. The van der Waals surface area contributed by atoms with Crippen molar-refractivity contribution in [3.8, 4) is 5.19 Å². The average Bonchev–Trinajstić information content (AvgIpc) is 3.10. The molecule has 4 rings (SSSR count). The highest BCUT2D eigenvalue weighted by Gasteiger charge is 2.26. The Kier molecular flexibility index (Phi) is 5.36. The second-order valence-corrected chi connectivity index (χ2v) is 9.07. The first-order chi connectivity index (χ1) is 13.0. The van der Waals surface area contributed by atoms with Gasteiger partial charge in [-0.05, 0) is 59.7 Å². The van der Waals surface area contributed by atoms with Crippen molar-refractivity contribution in [3.63, 3.8) is 0 Å². The lowest BCUT2D eigenvalue weighted by atomic mass is 10.1. The Morgan fingerprint density at radius 1 is 1.15 bits per heavy atom. The number of aromatic nitrogens is 1. The molecule has 0 bridgehead atoms. The van der Waals surface area contributed by atoms with E-state index in [1.165, 1.54) is 15.8 Å². The van der Waals surface area contributed by atoms with Crippen molar-refractivity contribution in [1.82, 2.24) is 9.88 Å². The molecular formula is C21H21IN2O2S. The van der Waals surface area contributed by atoms with E-state index in [1.807, 2.05) is 29.2 Å². The van der Waals surface area contributed by atoms with Crippen LogP contribution in [-0.4, -0.2) is 35.0 Å². The molecule has 4 nitrogen and oxygen atoms in total. The molecule has 140 valence electrons. The molecule has 3 aromatic rings. The standard InChI is InChI=1S/C21H21IN2O2S/c1-13-7-8-14(2)19-18(13)23-21(27-19)26-15-9-11-24(12-10-15)20(25)16-5-3-4-6-17(16)22/h3-8,15H,9-12H2,1-2H3. The number of ether oxygens (including phenoxy) is 1. The third-order valence-corrected chi connectivity index (χ3v) is 7.05. The topological polar surface area (TPSA) is 42.4 Å².